The first kappa shape index (κ1) is 30.2. The number of allylic oxidation sites excluding steroid dienone is 8. The van der Waals surface area contributed by atoms with Crippen LogP contribution in [0, 0.1) is 11.3 Å². The Morgan fingerprint density at radius 3 is 1.87 bits per heavy atom. The zero-order valence-corrected chi connectivity index (χ0v) is 28.7. The summed E-state index contributed by atoms with van der Waals surface area (Å²) >= 11 is 0. The van der Waals surface area contributed by atoms with Gasteiger partial charge in [-0.2, -0.15) is 5.26 Å². The molecule has 246 valence electrons. The molecule has 52 heavy (non-hydrogen) atoms. The maximum absolute atomic E-state index is 9.31. The lowest BCUT2D eigenvalue weighted by atomic mass is 9.90. The molecule has 2 heterocycles. The molecule has 0 bridgehead atoms. The number of para-hydroxylation sites is 2. The van der Waals surface area contributed by atoms with Crippen molar-refractivity contribution in [2.75, 3.05) is 0 Å². The van der Waals surface area contributed by atoms with Crippen LogP contribution in [0.3, 0.4) is 0 Å². The minimum Gasteiger partial charge on any atom is -0.313 e. The molecule has 8 aromatic rings. The smallest absolute Gasteiger partial charge is 0.0988 e. The number of nitrogens with zero attached hydrogens (tertiary/aromatic N) is 3. The molecule has 0 spiro atoms. The molecule has 2 atom stereocenters. The monoisotopic (exact) mass is 665 g/mol. The molecular formula is C49H35N3. The lowest BCUT2D eigenvalue weighted by molar-refractivity contribution is 0.837. The van der Waals surface area contributed by atoms with Crippen molar-refractivity contribution in [3.63, 3.8) is 0 Å². The minimum absolute atomic E-state index is 0.258. The normalized spacial score (nSPS) is 17.1. The molecular weight excluding hydrogens is 631 g/mol. The third-order valence-corrected chi connectivity index (χ3v) is 11.0. The van der Waals surface area contributed by atoms with Crippen molar-refractivity contribution in [3.8, 4) is 22.9 Å². The fourth-order valence-electron chi connectivity index (χ4n) is 8.49. The van der Waals surface area contributed by atoms with Gasteiger partial charge in [0, 0.05) is 50.3 Å². The number of nitriles is 1. The Morgan fingerprint density at radius 1 is 0.538 bits per heavy atom. The Kier molecular flexibility index (Phi) is 7.15. The Bertz CT molecular complexity index is 2870. The van der Waals surface area contributed by atoms with Gasteiger partial charge in [-0.1, -0.05) is 115 Å². The highest BCUT2D eigenvalue weighted by Crippen LogP contribution is 2.41. The maximum atomic E-state index is 9.31. The first-order valence-electron chi connectivity index (χ1n) is 18.1. The topological polar surface area (TPSA) is 33.6 Å². The van der Waals surface area contributed by atoms with E-state index in [1.165, 1.54) is 71.6 Å². The molecule has 0 N–H and O–H groups in total. The van der Waals surface area contributed by atoms with Crippen molar-refractivity contribution in [1.82, 2.24) is 9.13 Å². The molecule has 0 fully saturated rings. The number of benzene rings is 6. The number of rotatable bonds is 5. The Morgan fingerprint density at radius 2 is 1.17 bits per heavy atom. The van der Waals surface area contributed by atoms with Crippen molar-refractivity contribution in [1.29, 1.82) is 5.26 Å². The van der Waals surface area contributed by atoms with Crippen molar-refractivity contribution >= 4 is 49.3 Å². The molecule has 3 heteroatoms. The van der Waals surface area contributed by atoms with E-state index >= 15 is 0 Å². The molecule has 0 saturated heterocycles. The summed E-state index contributed by atoms with van der Waals surface area (Å²) in [5, 5.41) is 14.3. The van der Waals surface area contributed by atoms with E-state index in [2.05, 4.69) is 179 Å². The highest BCUT2D eigenvalue weighted by atomic mass is 15.0. The van der Waals surface area contributed by atoms with Gasteiger partial charge in [-0.25, -0.2) is 0 Å². The van der Waals surface area contributed by atoms with Gasteiger partial charge >= 0.3 is 0 Å². The van der Waals surface area contributed by atoms with Crippen LogP contribution in [0.2, 0.25) is 0 Å². The molecule has 0 saturated carbocycles. The first-order valence-corrected chi connectivity index (χ1v) is 18.1. The van der Waals surface area contributed by atoms with Gasteiger partial charge in [0.25, 0.3) is 0 Å². The first-order chi connectivity index (χ1) is 25.7. The standard InChI is InChI=1S/C49H35N3/c50-32-33-20-22-35(23-21-33)37-13-9-15-41(29-37)52-47-19-7-5-17-43(47)45-31-39(25-27-49(45)52)38-24-26-48-44(30-38)42-16-4-6-18-46(42)51(48)40-14-8-12-36(28-40)34-10-2-1-3-11-34/h1-22,24-27,29-31,35-36H,23,28H2. The van der Waals surface area contributed by atoms with Crippen molar-refractivity contribution in [2.24, 2.45) is 0 Å². The van der Waals surface area contributed by atoms with Crippen molar-refractivity contribution in [2.45, 2.75) is 24.7 Å². The SMILES string of the molecule is N#CC1=CCC(c2cccc(-n3c4ccccc4c4cc(-c5ccc6c(c5)c5ccccc5n6C5=CC=CC(c6ccccc6)C5)ccc43)c2)C=C1. The predicted octanol–water partition coefficient (Wildman–Crippen LogP) is 12.6. The van der Waals surface area contributed by atoms with E-state index in [4.69, 9.17) is 0 Å². The second kappa shape index (κ2) is 12.3. The summed E-state index contributed by atoms with van der Waals surface area (Å²) in [5.74, 6) is 0.612. The summed E-state index contributed by atoms with van der Waals surface area (Å²) in [7, 11) is 0. The summed E-state index contributed by atoms with van der Waals surface area (Å²) in [4.78, 5) is 0. The molecule has 2 aliphatic rings. The highest BCUT2D eigenvalue weighted by molar-refractivity contribution is 6.13. The lowest BCUT2D eigenvalue weighted by Crippen LogP contribution is -2.05. The molecule has 0 amide bonds. The summed E-state index contributed by atoms with van der Waals surface area (Å²) < 4.78 is 4.87. The molecule has 2 aliphatic carbocycles. The summed E-state index contributed by atoms with van der Waals surface area (Å²) in [6.07, 6.45) is 14.8. The van der Waals surface area contributed by atoms with E-state index in [0.29, 0.717) is 5.92 Å². The van der Waals surface area contributed by atoms with E-state index in [-0.39, 0.29) is 5.92 Å². The third kappa shape index (κ3) is 4.95. The van der Waals surface area contributed by atoms with Gasteiger partial charge in [-0.3, -0.25) is 0 Å². The number of fused-ring (bicyclic) bond motifs is 6. The van der Waals surface area contributed by atoms with E-state index in [1.807, 2.05) is 12.2 Å². The van der Waals surface area contributed by atoms with Crippen LogP contribution in [0.15, 0.2) is 182 Å². The van der Waals surface area contributed by atoms with Crippen LogP contribution in [-0.2, 0) is 0 Å². The summed E-state index contributed by atoms with van der Waals surface area (Å²) in [6.45, 7) is 0. The highest BCUT2D eigenvalue weighted by Gasteiger charge is 2.20. The van der Waals surface area contributed by atoms with Gasteiger partial charge in [0.05, 0.1) is 28.1 Å². The van der Waals surface area contributed by atoms with Gasteiger partial charge in [0.2, 0.25) is 0 Å². The van der Waals surface area contributed by atoms with Gasteiger partial charge < -0.3 is 9.13 Å². The van der Waals surface area contributed by atoms with Gasteiger partial charge in [0.15, 0.2) is 0 Å². The number of aromatic nitrogens is 2. The quantitative estimate of drug-likeness (QED) is 0.180. The zero-order valence-electron chi connectivity index (χ0n) is 28.7. The number of hydrogen-bond donors (Lipinski definition) is 0. The minimum atomic E-state index is 0.258. The number of hydrogen-bond acceptors (Lipinski definition) is 1. The summed E-state index contributed by atoms with van der Waals surface area (Å²) in [5.41, 5.74) is 13.1. The van der Waals surface area contributed by atoms with E-state index in [0.717, 1.165) is 24.1 Å². The summed E-state index contributed by atoms with van der Waals surface area (Å²) in [6, 6.07) is 53.5. The van der Waals surface area contributed by atoms with Gasteiger partial charge in [-0.05, 0) is 95.8 Å². The van der Waals surface area contributed by atoms with E-state index in [9.17, 15) is 5.26 Å². The van der Waals surface area contributed by atoms with Crippen LogP contribution >= 0.6 is 0 Å². The van der Waals surface area contributed by atoms with Crippen LogP contribution in [-0.4, -0.2) is 9.13 Å². The van der Waals surface area contributed by atoms with Gasteiger partial charge in [-0.15, -0.1) is 0 Å². The molecule has 6 aromatic carbocycles. The molecule has 2 aromatic heterocycles. The second-order valence-electron chi connectivity index (χ2n) is 14.0. The van der Waals surface area contributed by atoms with Crippen molar-refractivity contribution in [3.05, 3.63) is 193 Å². The van der Waals surface area contributed by atoms with Crippen molar-refractivity contribution < 1.29 is 0 Å². The van der Waals surface area contributed by atoms with Crippen LogP contribution in [0.4, 0.5) is 0 Å². The molecule has 10 rings (SSSR count). The zero-order chi connectivity index (χ0) is 34.6. The third-order valence-electron chi connectivity index (χ3n) is 11.0. The molecule has 3 nitrogen and oxygen atoms in total. The van der Waals surface area contributed by atoms with Crippen LogP contribution in [0.1, 0.15) is 35.8 Å². The lowest BCUT2D eigenvalue weighted by Gasteiger charge is -2.21. The maximum Gasteiger partial charge on any atom is 0.0988 e. The Labute approximate surface area is 303 Å². The van der Waals surface area contributed by atoms with Crippen LogP contribution < -0.4 is 0 Å². The fraction of sp³-hybridized carbons (Fsp3) is 0.0816. The molecule has 2 unspecified atom stereocenters. The average Bonchev–Trinajstić information content (AvgIpc) is 3.73. The van der Waals surface area contributed by atoms with Crippen LogP contribution in [0.5, 0.6) is 0 Å². The molecule has 0 radical (unpaired) electrons. The second-order valence-corrected chi connectivity index (χ2v) is 14.0. The van der Waals surface area contributed by atoms with E-state index in [1.54, 1.807) is 0 Å². The Balaban J connectivity index is 1.07. The van der Waals surface area contributed by atoms with Gasteiger partial charge in [0.1, 0.15) is 0 Å². The fourth-order valence-corrected chi connectivity index (χ4v) is 8.49. The van der Waals surface area contributed by atoms with Crippen LogP contribution in [0.25, 0.3) is 66.1 Å². The average molecular weight is 666 g/mol. The largest absolute Gasteiger partial charge is 0.313 e. The van der Waals surface area contributed by atoms with E-state index < -0.39 is 0 Å². The molecule has 0 aliphatic heterocycles. The Hall–Kier alpha value is -6.63. The predicted molar refractivity (Wildman–Crippen MR) is 217 cm³/mol.